The van der Waals surface area contributed by atoms with E-state index < -0.39 is 34.4 Å². The van der Waals surface area contributed by atoms with Crippen LogP contribution in [0.1, 0.15) is 6.42 Å². The summed E-state index contributed by atoms with van der Waals surface area (Å²) in [5, 5.41) is 19.5. The molecule has 0 aliphatic rings. The van der Waals surface area contributed by atoms with Gasteiger partial charge in [-0.25, -0.2) is 13.2 Å². The van der Waals surface area contributed by atoms with Gasteiger partial charge in [0.2, 0.25) is 5.91 Å². The lowest BCUT2D eigenvalue weighted by Crippen LogP contribution is -2.37. The number of carboxylic acid groups (broad SMARTS) is 1. The van der Waals surface area contributed by atoms with E-state index in [4.69, 9.17) is 10.2 Å². The number of carboxylic acids is 1. The van der Waals surface area contributed by atoms with Gasteiger partial charge in [0.05, 0.1) is 17.2 Å². The quantitative estimate of drug-likeness (QED) is 0.619. The summed E-state index contributed by atoms with van der Waals surface area (Å²) in [5.74, 6) is -2.47. The predicted molar refractivity (Wildman–Crippen MR) is 69.8 cm³/mol. The van der Waals surface area contributed by atoms with E-state index in [0.29, 0.717) is 0 Å². The van der Waals surface area contributed by atoms with Gasteiger partial charge in [0.1, 0.15) is 0 Å². The van der Waals surface area contributed by atoms with Crippen LogP contribution in [0.25, 0.3) is 0 Å². The second kappa shape index (κ2) is 7.01. The largest absolute Gasteiger partial charge is 0.479 e. The van der Waals surface area contributed by atoms with Crippen molar-refractivity contribution in [3.05, 3.63) is 30.3 Å². The van der Waals surface area contributed by atoms with Crippen LogP contribution in [0.15, 0.2) is 35.2 Å². The first-order valence-corrected chi connectivity index (χ1v) is 7.43. The molecule has 1 unspecified atom stereocenters. The SMILES string of the molecule is O=C(CCS(=O)(=O)c1ccccc1)NCC(O)C(=O)O. The highest BCUT2D eigenvalue weighted by Gasteiger charge is 2.18. The standard InChI is InChI=1S/C12H15NO6S/c14-10(12(16)17)8-13-11(15)6-7-20(18,19)9-4-2-1-3-5-9/h1-5,10,14H,6-8H2,(H,13,15)(H,16,17). The van der Waals surface area contributed by atoms with Gasteiger partial charge in [-0.15, -0.1) is 0 Å². The number of carbonyl (C=O) groups excluding carboxylic acids is 1. The van der Waals surface area contributed by atoms with Gasteiger partial charge in [0, 0.05) is 6.42 Å². The Hall–Kier alpha value is -1.93. The number of sulfone groups is 1. The Morgan fingerprint density at radius 2 is 1.80 bits per heavy atom. The molecule has 0 bridgehead atoms. The van der Waals surface area contributed by atoms with Crippen molar-refractivity contribution in [2.24, 2.45) is 0 Å². The van der Waals surface area contributed by atoms with Crippen LogP contribution < -0.4 is 5.32 Å². The van der Waals surface area contributed by atoms with Gasteiger partial charge in [-0.2, -0.15) is 0 Å². The van der Waals surface area contributed by atoms with Crippen molar-refractivity contribution in [1.29, 1.82) is 0 Å². The Bertz CT molecular complexity index is 569. The maximum absolute atomic E-state index is 11.9. The van der Waals surface area contributed by atoms with E-state index in [9.17, 15) is 18.0 Å². The van der Waals surface area contributed by atoms with E-state index in [1.165, 1.54) is 12.1 Å². The molecule has 1 aromatic rings. The number of carbonyl (C=O) groups is 2. The van der Waals surface area contributed by atoms with Crippen molar-refractivity contribution in [3.8, 4) is 0 Å². The van der Waals surface area contributed by atoms with Crippen molar-refractivity contribution < 1.29 is 28.2 Å². The highest BCUT2D eigenvalue weighted by Crippen LogP contribution is 2.10. The normalized spacial score (nSPS) is 12.7. The van der Waals surface area contributed by atoms with Crippen LogP contribution in [0, 0.1) is 0 Å². The molecule has 7 nitrogen and oxygen atoms in total. The third-order valence-electron chi connectivity index (χ3n) is 2.48. The second-order valence-electron chi connectivity index (χ2n) is 4.04. The third kappa shape index (κ3) is 4.98. The molecular weight excluding hydrogens is 286 g/mol. The predicted octanol–water partition coefficient (Wildman–Crippen LogP) is -0.588. The van der Waals surface area contributed by atoms with Crippen molar-refractivity contribution in [3.63, 3.8) is 0 Å². The molecule has 0 saturated heterocycles. The molecule has 0 aromatic heterocycles. The lowest BCUT2D eigenvalue weighted by atomic mass is 10.3. The van der Waals surface area contributed by atoms with Crippen LogP contribution in [-0.2, 0) is 19.4 Å². The molecular formula is C12H15NO6S. The van der Waals surface area contributed by atoms with Gasteiger partial charge in [0.25, 0.3) is 0 Å². The Balaban J connectivity index is 2.47. The summed E-state index contributed by atoms with van der Waals surface area (Å²) in [7, 11) is -3.55. The fourth-order valence-electron chi connectivity index (χ4n) is 1.36. The molecule has 0 fully saturated rings. The highest BCUT2D eigenvalue weighted by atomic mass is 32.2. The molecule has 3 N–H and O–H groups in total. The lowest BCUT2D eigenvalue weighted by molar-refractivity contribution is -0.146. The van der Waals surface area contributed by atoms with Crippen LogP contribution in [0.4, 0.5) is 0 Å². The number of benzene rings is 1. The Kier molecular flexibility index (Phi) is 5.66. The maximum atomic E-state index is 11.9. The average molecular weight is 301 g/mol. The second-order valence-corrected chi connectivity index (χ2v) is 6.15. The summed E-state index contributed by atoms with van der Waals surface area (Å²) in [4.78, 5) is 21.8. The zero-order chi connectivity index (χ0) is 15.2. The Morgan fingerprint density at radius 3 is 2.35 bits per heavy atom. The summed E-state index contributed by atoms with van der Waals surface area (Å²) >= 11 is 0. The molecule has 20 heavy (non-hydrogen) atoms. The summed E-state index contributed by atoms with van der Waals surface area (Å²) in [6, 6.07) is 7.70. The topological polar surface area (TPSA) is 121 Å². The molecule has 1 atom stereocenters. The van der Waals surface area contributed by atoms with Crippen molar-refractivity contribution in [1.82, 2.24) is 5.32 Å². The van der Waals surface area contributed by atoms with Crippen molar-refractivity contribution in [2.75, 3.05) is 12.3 Å². The Labute approximate surface area is 116 Å². The van der Waals surface area contributed by atoms with E-state index in [1.807, 2.05) is 0 Å². The number of rotatable bonds is 7. The first-order valence-electron chi connectivity index (χ1n) is 5.78. The minimum atomic E-state index is -3.55. The lowest BCUT2D eigenvalue weighted by Gasteiger charge is -2.08. The molecule has 1 amide bonds. The van der Waals surface area contributed by atoms with Crippen LogP contribution >= 0.6 is 0 Å². The van der Waals surface area contributed by atoms with E-state index in [0.717, 1.165) is 0 Å². The molecule has 0 aliphatic heterocycles. The van der Waals surface area contributed by atoms with Gasteiger partial charge in [-0.1, -0.05) is 18.2 Å². The number of nitrogens with one attached hydrogen (secondary N) is 1. The van der Waals surface area contributed by atoms with Gasteiger partial charge in [-0.05, 0) is 12.1 Å². The summed E-state index contributed by atoms with van der Waals surface area (Å²) in [5.41, 5.74) is 0. The highest BCUT2D eigenvalue weighted by molar-refractivity contribution is 7.91. The van der Waals surface area contributed by atoms with E-state index in [2.05, 4.69) is 5.32 Å². The number of aliphatic hydroxyl groups excluding tert-OH is 1. The number of aliphatic carboxylic acids is 1. The number of hydrogen-bond acceptors (Lipinski definition) is 5. The summed E-state index contributed by atoms with van der Waals surface area (Å²) in [6.45, 7) is -0.459. The number of hydrogen-bond donors (Lipinski definition) is 3. The van der Waals surface area contributed by atoms with Gasteiger partial charge in [0.15, 0.2) is 15.9 Å². The molecule has 1 rings (SSSR count). The van der Waals surface area contributed by atoms with E-state index in [1.54, 1.807) is 18.2 Å². The minimum absolute atomic E-state index is 0.123. The molecule has 0 radical (unpaired) electrons. The van der Waals surface area contributed by atoms with Crippen LogP contribution in [-0.4, -0.2) is 48.9 Å². The number of amides is 1. The van der Waals surface area contributed by atoms with Crippen molar-refractivity contribution in [2.45, 2.75) is 17.4 Å². The average Bonchev–Trinajstić information content (AvgIpc) is 2.43. The van der Waals surface area contributed by atoms with Gasteiger partial charge >= 0.3 is 5.97 Å². The number of aliphatic hydroxyl groups is 1. The van der Waals surface area contributed by atoms with Crippen LogP contribution in [0.3, 0.4) is 0 Å². The summed E-state index contributed by atoms with van der Waals surface area (Å²) in [6.07, 6.45) is -2.01. The monoisotopic (exact) mass is 301 g/mol. The molecule has 8 heteroatoms. The smallest absolute Gasteiger partial charge is 0.334 e. The molecule has 110 valence electrons. The molecule has 0 spiro atoms. The zero-order valence-electron chi connectivity index (χ0n) is 10.5. The maximum Gasteiger partial charge on any atom is 0.334 e. The fraction of sp³-hybridized carbons (Fsp3) is 0.333. The first kappa shape index (κ1) is 16.1. The zero-order valence-corrected chi connectivity index (χ0v) is 11.3. The third-order valence-corrected chi connectivity index (χ3v) is 4.21. The van der Waals surface area contributed by atoms with E-state index >= 15 is 0 Å². The molecule has 1 aromatic carbocycles. The van der Waals surface area contributed by atoms with Crippen LogP contribution in [0.2, 0.25) is 0 Å². The van der Waals surface area contributed by atoms with Crippen molar-refractivity contribution >= 4 is 21.7 Å². The van der Waals surface area contributed by atoms with Crippen LogP contribution in [0.5, 0.6) is 0 Å². The molecule has 0 aliphatic carbocycles. The Morgan fingerprint density at radius 1 is 1.20 bits per heavy atom. The van der Waals surface area contributed by atoms with Gasteiger partial charge < -0.3 is 15.5 Å². The fourth-order valence-corrected chi connectivity index (χ4v) is 2.62. The van der Waals surface area contributed by atoms with Gasteiger partial charge in [-0.3, -0.25) is 4.79 Å². The summed E-state index contributed by atoms with van der Waals surface area (Å²) < 4.78 is 23.7. The minimum Gasteiger partial charge on any atom is -0.479 e. The molecule has 0 saturated carbocycles. The van der Waals surface area contributed by atoms with E-state index in [-0.39, 0.29) is 17.1 Å². The first-order chi connectivity index (χ1) is 9.33. The molecule has 0 heterocycles.